The van der Waals surface area contributed by atoms with Crippen molar-refractivity contribution in [2.45, 2.75) is 73.9 Å². The lowest BCUT2D eigenvalue weighted by molar-refractivity contribution is -0.0430. The maximum atomic E-state index is 13.7. The molecule has 0 bridgehead atoms. The molecule has 15 nitrogen and oxygen atoms in total. The maximum Gasteiger partial charge on any atom is 0.475 e. The quantitative estimate of drug-likeness (QED) is 0.0868. The van der Waals surface area contributed by atoms with Gasteiger partial charge in [-0.05, 0) is 19.3 Å². The predicted molar refractivity (Wildman–Crippen MR) is 151 cm³/mol. The summed E-state index contributed by atoms with van der Waals surface area (Å²) in [4.78, 5) is 6.37. The van der Waals surface area contributed by atoms with E-state index in [2.05, 4.69) is 9.69 Å². The number of nitrogens with zero attached hydrogens (tertiary/aromatic N) is 2. The zero-order valence-electron chi connectivity index (χ0n) is 24.1. The summed E-state index contributed by atoms with van der Waals surface area (Å²) in [7, 11) is 12.0. The van der Waals surface area contributed by atoms with Crippen LogP contribution in [0.25, 0.3) is 9.69 Å². The molecule has 0 amide bonds. The highest BCUT2D eigenvalue weighted by molar-refractivity contribution is 7.48. The monoisotopic (exact) mass is 642 g/mol. The zero-order chi connectivity index (χ0) is 31.5. The lowest BCUT2D eigenvalue weighted by Gasteiger charge is -2.27. The Bertz CT molecular complexity index is 1050. The first-order chi connectivity index (χ1) is 20.5. The summed E-state index contributed by atoms with van der Waals surface area (Å²) in [5.41, 5.74) is 0. The van der Waals surface area contributed by atoms with E-state index < -0.39 is 76.9 Å². The van der Waals surface area contributed by atoms with E-state index in [1.54, 1.807) is 0 Å². The number of phosphoric ester groups is 2. The van der Waals surface area contributed by atoms with Crippen LogP contribution < -0.4 is 0 Å². The molecule has 3 fully saturated rings. The summed E-state index contributed by atoms with van der Waals surface area (Å²) in [6.45, 7) is 12.7. The van der Waals surface area contributed by atoms with Gasteiger partial charge in [0.05, 0.1) is 38.1 Å². The fourth-order valence-electron chi connectivity index (χ4n) is 4.57. The highest BCUT2D eigenvalue weighted by Gasteiger charge is 2.45. The highest BCUT2D eigenvalue weighted by Crippen LogP contribution is 2.55. The van der Waals surface area contributed by atoms with Crippen molar-refractivity contribution in [3.8, 4) is 0 Å². The van der Waals surface area contributed by atoms with Gasteiger partial charge in [-0.1, -0.05) is 0 Å². The Kier molecular flexibility index (Phi) is 15.2. The Morgan fingerprint density at radius 1 is 0.674 bits per heavy atom. The molecule has 43 heavy (non-hydrogen) atoms. The van der Waals surface area contributed by atoms with E-state index in [1.807, 2.05) is 0 Å². The van der Waals surface area contributed by atoms with E-state index in [1.165, 1.54) is 14.2 Å². The maximum absolute atomic E-state index is 13.7. The van der Waals surface area contributed by atoms with Crippen molar-refractivity contribution >= 4 is 39.2 Å². The van der Waals surface area contributed by atoms with Gasteiger partial charge in [-0.15, -0.1) is 0 Å². The molecule has 20 heteroatoms. The van der Waals surface area contributed by atoms with Gasteiger partial charge in [0.1, 0.15) is 55.1 Å². The molecule has 3 aliphatic rings. The summed E-state index contributed by atoms with van der Waals surface area (Å²) in [6, 6.07) is -2.13. The third kappa shape index (κ3) is 11.5. The van der Waals surface area contributed by atoms with Crippen LogP contribution >= 0.6 is 15.6 Å². The van der Waals surface area contributed by atoms with Crippen molar-refractivity contribution in [3.05, 3.63) is 22.8 Å². The van der Waals surface area contributed by atoms with E-state index in [0.717, 1.165) is 0 Å². The van der Waals surface area contributed by atoms with Crippen LogP contribution in [0.15, 0.2) is 0 Å². The Hall–Kier alpha value is -0.805. The minimum absolute atomic E-state index is 0.0457. The molecular weight excluding hydrogens is 607 g/mol. The normalized spacial score (nSPS) is 35.2. The largest absolute Gasteiger partial charge is 0.475 e. The molecular formula is C23H35B3N2O13P2. The molecule has 2 unspecified atom stereocenters. The fraction of sp³-hybridized carbons (Fsp3) is 0.913. The van der Waals surface area contributed by atoms with Crippen molar-refractivity contribution in [3.63, 3.8) is 0 Å². The van der Waals surface area contributed by atoms with Crippen LogP contribution in [0, 0.1) is 13.1 Å². The minimum atomic E-state index is -4.32. The number of methoxy groups -OCH3 is 2. The molecule has 11 atom stereocenters. The third-order valence-electron chi connectivity index (χ3n) is 6.55. The molecule has 3 aliphatic heterocycles. The van der Waals surface area contributed by atoms with Crippen molar-refractivity contribution in [2.24, 2.45) is 0 Å². The molecule has 0 N–H and O–H groups in total. The van der Waals surface area contributed by atoms with Gasteiger partial charge in [0.2, 0.25) is 13.1 Å². The van der Waals surface area contributed by atoms with Crippen molar-refractivity contribution in [2.75, 3.05) is 60.3 Å². The second-order valence-corrected chi connectivity index (χ2v) is 13.0. The van der Waals surface area contributed by atoms with Crippen LogP contribution in [0.2, 0.25) is 0 Å². The Morgan fingerprint density at radius 2 is 1.07 bits per heavy atom. The predicted octanol–water partition coefficient (Wildman–Crippen LogP) is 1.39. The number of hydrogen-bond donors (Lipinski definition) is 0. The van der Waals surface area contributed by atoms with Gasteiger partial charge in [0.25, 0.3) is 0 Å². The van der Waals surface area contributed by atoms with Gasteiger partial charge in [-0.25, -0.2) is 22.3 Å². The lowest BCUT2D eigenvalue weighted by atomic mass is 9.96. The summed E-state index contributed by atoms with van der Waals surface area (Å²) in [6.07, 6.45) is -3.87. The summed E-state index contributed by atoms with van der Waals surface area (Å²) >= 11 is 0. The molecule has 3 saturated heterocycles. The Morgan fingerprint density at radius 3 is 1.47 bits per heavy atom. The van der Waals surface area contributed by atoms with Gasteiger partial charge in [-0.3, -0.25) is 27.1 Å². The number of ether oxygens (including phenoxy) is 5. The molecule has 3 heterocycles. The van der Waals surface area contributed by atoms with Crippen LogP contribution in [-0.2, 0) is 60.0 Å². The topological polar surface area (TPSA) is 144 Å². The van der Waals surface area contributed by atoms with E-state index in [-0.39, 0.29) is 52.4 Å². The summed E-state index contributed by atoms with van der Waals surface area (Å²) < 4.78 is 88.0. The van der Waals surface area contributed by atoms with Crippen LogP contribution in [0.3, 0.4) is 0 Å². The van der Waals surface area contributed by atoms with Crippen LogP contribution in [-0.4, -0.2) is 139 Å². The number of rotatable bonds is 19. The number of phosphoric acid groups is 2. The van der Waals surface area contributed by atoms with Crippen LogP contribution in [0.5, 0.6) is 0 Å². The Labute approximate surface area is 256 Å². The van der Waals surface area contributed by atoms with Gasteiger partial charge in [-0.2, -0.15) is 0 Å². The Balaban J connectivity index is 1.69. The lowest BCUT2D eigenvalue weighted by Crippen LogP contribution is -2.32. The standard InChI is InChI=1S/C23H35B3N2O13P2/c1-27-5-7-33-42(29,35-13-19-15(32-4)9-21(24)38-19)41-17-11-23(26)39-20(17)14-36-43(30,34-8-6-28-2)40-16-10-22(25)37-18(16)12-31-3/h15-23H,5-14H2,3-4H3/t15-,16-,17-,18-,19-,20-,21-,22-,23-,42?,43?/m1/s1. The molecule has 0 saturated carbocycles. The van der Waals surface area contributed by atoms with Gasteiger partial charge in [0.15, 0.2) is 0 Å². The molecule has 6 radical (unpaired) electrons. The van der Waals surface area contributed by atoms with E-state index in [4.69, 9.17) is 87.5 Å². The van der Waals surface area contributed by atoms with Gasteiger partial charge in [0, 0.05) is 32.2 Å². The van der Waals surface area contributed by atoms with Crippen LogP contribution in [0.4, 0.5) is 0 Å². The minimum Gasteiger partial charge on any atom is -0.382 e. The van der Waals surface area contributed by atoms with Gasteiger partial charge >= 0.3 is 15.6 Å². The van der Waals surface area contributed by atoms with Crippen molar-refractivity contribution in [1.29, 1.82) is 0 Å². The molecule has 0 aromatic heterocycles. The van der Waals surface area contributed by atoms with Crippen molar-refractivity contribution < 1.29 is 60.0 Å². The SMILES string of the molecule is [B][C@H]1C[C@@H](OC)[C@@H](COP(=O)(OCC[N+]#[C-])O[C@@H]2C[C@H]([B])O[C@@H]2COP(=O)(OCC[N+]#[C-])O[C@@H]2C[C@H]([B])O[C@@H]2COC)O1. The number of hydrogen-bond acceptors (Lipinski definition) is 13. The summed E-state index contributed by atoms with van der Waals surface area (Å²) in [5, 5.41) is 0. The van der Waals surface area contributed by atoms with E-state index in [0.29, 0.717) is 6.42 Å². The third-order valence-corrected chi connectivity index (χ3v) is 9.53. The molecule has 234 valence electrons. The fourth-order valence-corrected chi connectivity index (χ4v) is 7.34. The van der Waals surface area contributed by atoms with Gasteiger partial charge < -0.3 is 33.4 Å². The molecule has 0 aromatic carbocycles. The average molecular weight is 642 g/mol. The zero-order valence-corrected chi connectivity index (χ0v) is 25.9. The van der Waals surface area contributed by atoms with E-state index >= 15 is 0 Å². The smallest absolute Gasteiger partial charge is 0.382 e. The molecule has 0 aromatic rings. The first-order valence-corrected chi connectivity index (χ1v) is 16.5. The highest BCUT2D eigenvalue weighted by atomic mass is 31.2. The molecule has 0 aliphatic carbocycles. The van der Waals surface area contributed by atoms with E-state index in [9.17, 15) is 9.13 Å². The molecule has 0 spiro atoms. The first kappa shape index (κ1) is 36.7. The summed E-state index contributed by atoms with van der Waals surface area (Å²) in [5.74, 6) is 0. The van der Waals surface area contributed by atoms with Crippen LogP contribution in [0.1, 0.15) is 19.3 Å². The second kappa shape index (κ2) is 17.8. The average Bonchev–Trinajstić information content (AvgIpc) is 3.61. The second-order valence-electron chi connectivity index (χ2n) is 9.78. The molecule has 3 rings (SSSR count). The van der Waals surface area contributed by atoms with Crippen molar-refractivity contribution in [1.82, 2.24) is 0 Å². The first-order valence-electron chi connectivity index (χ1n) is 13.6.